The molecule has 1 aliphatic rings. The molecule has 0 spiro atoms. The summed E-state index contributed by atoms with van der Waals surface area (Å²) in [5.74, 6) is 0. The van der Waals surface area contributed by atoms with Crippen LogP contribution in [0.25, 0.3) is 0 Å². The number of benzene rings is 2. The molecule has 0 saturated carbocycles. The van der Waals surface area contributed by atoms with Gasteiger partial charge in [-0.25, -0.2) is 17.9 Å². The molecule has 2 aromatic carbocycles. The van der Waals surface area contributed by atoms with Gasteiger partial charge in [-0.2, -0.15) is 13.2 Å². The maximum atomic E-state index is 12.7. The quantitative estimate of drug-likeness (QED) is 0.454. The zero-order valence-electron chi connectivity index (χ0n) is 16.2. The smallest absolute Gasteiger partial charge is 0.416 e. The first-order valence-electron chi connectivity index (χ1n) is 9.26. The SMILES string of the molecule is O=C(Nc1ccc(C(F)(F)F)cc1)OC[C@H]1C[C@@H](NS(=O)(=O)c2cc(Br)ccc2Br)CN1. The van der Waals surface area contributed by atoms with Crippen LogP contribution >= 0.6 is 31.9 Å². The van der Waals surface area contributed by atoms with E-state index in [4.69, 9.17) is 4.74 Å². The van der Waals surface area contributed by atoms with Crippen molar-refractivity contribution in [1.82, 2.24) is 10.0 Å². The predicted octanol–water partition coefficient (Wildman–Crippen LogP) is 4.49. The molecule has 3 rings (SSSR count). The zero-order chi connectivity index (χ0) is 23.5. The number of anilines is 1. The summed E-state index contributed by atoms with van der Waals surface area (Å²) in [6.45, 7) is 0.310. The monoisotopic (exact) mass is 599 g/mol. The second-order valence-corrected chi connectivity index (χ2v) is 10.5. The van der Waals surface area contributed by atoms with Gasteiger partial charge in [-0.1, -0.05) is 15.9 Å². The molecule has 3 N–H and O–H groups in total. The zero-order valence-corrected chi connectivity index (χ0v) is 20.2. The number of amides is 1. The first-order valence-corrected chi connectivity index (χ1v) is 12.3. The summed E-state index contributed by atoms with van der Waals surface area (Å²) in [6.07, 6.45) is -4.90. The van der Waals surface area contributed by atoms with Crippen molar-refractivity contribution in [3.8, 4) is 0 Å². The molecule has 1 fully saturated rings. The fourth-order valence-corrected chi connectivity index (χ4v) is 5.83. The van der Waals surface area contributed by atoms with Gasteiger partial charge < -0.3 is 10.1 Å². The van der Waals surface area contributed by atoms with Gasteiger partial charge in [0.15, 0.2) is 0 Å². The molecule has 2 atom stereocenters. The van der Waals surface area contributed by atoms with Gasteiger partial charge in [0.05, 0.1) is 10.5 Å². The molecule has 32 heavy (non-hydrogen) atoms. The Morgan fingerprint density at radius 2 is 1.84 bits per heavy atom. The first-order chi connectivity index (χ1) is 14.9. The number of alkyl halides is 3. The summed E-state index contributed by atoms with van der Waals surface area (Å²) in [4.78, 5) is 12.0. The maximum absolute atomic E-state index is 12.7. The number of carbonyl (C=O) groups excluding carboxylic acids is 1. The highest BCUT2D eigenvalue weighted by molar-refractivity contribution is 9.11. The molecule has 13 heteroatoms. The summed E-state index contributed by atoms with van der Waals surface area (Å²) in [5.41, 5.74) is -0.664. The fourth-order valence-electron chi connectivity index (χ4n) is 3.07. The molecule has 0 bridgehead atoms. The van der Waals surface area contributed by atoms with Gasteiger partial charge in [0.2, 0.25) is 10.0 Å². The van der Waals surface area contributed by atoms with Crippen molar-refractivity contribution in [2.75, 3.05) is 18.5 Å². The average Bonchev–Trinajstić information content (AvgIpc) is 3.14. The molecule has 2 aromatic rings. The number of nitrogens with one attached hydrogen (secondary N) is 3. The van der Waals surface area contributed by atoms with Crippen LogP contribution in [0.4, 0.5) is 23.7 Å². The van der Waals surface area contributed by atoms with E-state index in [-0.39, 0.29) is 23.2 Å². The van der Waals surface area contributed by atoms with Crippen molar-refractivity contribution in [3.05, 3.63) is 57.0 Å². The van der Waals surface area contributed by atoms with Crippen molar-refractivity contribution < 1.29 is 31.1 Å². The van der Waals surface area contributed by atoms with Gasteiger partial charge in [0.25, 0.3) is 0 Å². The van der Waals surface area contributed by atoms with Crippen molar-refractivity contribution in [3.63, 3.8) is 0 Å². The van der Waals surface area contributed by atoms with Crippen molar-refractivity contribution in [2.24, 2.45) is 0 Å². The summed E-state index contributed by atoms with van der Waals surface area (Å²) in [5, 5.41) is 5.42. The Kier molecular flexibility index (Phi) is 7.86. The van der Waals surface area contributed by atoms with E-state index in [0.29, 0.717) is 21.9 Å². The van der Waals surface area contributed by atoms with Crippen LogP contribution in [-0.2, 0) is 20.9 Å². The van der Waals surface area contributed by atoms with E-state index in [9.17, 15) is 26.4 Å². The molecule has 0 aromatic heterocycles. The average molecular weight is 601 g/mol. The Hall–Kier alpha value is -1.67. The van der Waals surface area contributed by atoms with Gasteiger partial charge in [-0.05, 0) is 64.8 Å². The van der Waals surface area contributed by atoms with E-state index < -0.39 is 33.9 Å². The van der Waals surface area contributed by atoms with Gasteiger partial charge in [-0.15, -0.1) is 0 Å². The van der Waals surface area contributed by atoms with Crippen LogP contribution in [0.15, 0.2) is 56.3 Å². The van der Waals surface area contributed by atoms with E-state index in [1.54, 1.807) is 12.1 Å². The topological polar surface area (TPSA) is 96.5 Å². The summed E-state index contributed by atoms with van der Waals surface area (Å²) in [6, 6.07) is 8.10. The molecule has 0 aliphatic carbocycles. The molecule has 174 valence electrons. The van der Waals surface area contributed by atoms with Gasteiger partial charge in [-0.3, -0.25) is 5.32 Å². The minimum Gasteiger partial charge on any atom is -0.448 e. The van der Waals surface area contributed by atoms with Gasteiger partial charge in [0.1, 0.15) is 6.61 Å². The minimum absolute atomic E-state index is 0.0364. The van der Waals surface area contributed by atoms with Gasteiger partial charge >= 0.3 is 12.3 Å². The molecular weight excluding hydrogens is 583 g/mol. The number of halogens is 5. The fraction of sp³-hybridized carbons (Fsp3) is 0.316. The molecule has 1 saturated heterocycles. The Bertz CT molecular complexity index is 1080. The predicted molar refractivity (Wildman–Crippen MR) is 119 cm³/mol. The number of hydrogen-bond acceptors (Lipinski definition) is 5. The number of rotatable bonds is 6. The van der Waals surface area contributed by atoms with E-state index in [1.807, 2.05) is 0 Å². The van der Waals surface area contributed by atoms with E-state index in [0.717, 1.165) is 24.3 Å². The van der Waals surface area contributed by atoms with Gasteiger partial charge in [0, 0.05) is 33.3 Å². The largest absolute Gasteiger partial charge is 0.448 e. The maximum Gasteiger partial charge on any atom is 0.416 e. The number of carbonyl (C=O) groups is 1. The van der Waals surface area contributed by atoms with Crippen molar-refractivity contribution >= 4 is 53.7 Å². The molecule has 7 nitrogen and oxygen atoms in total. The number of sulfonamides is 1. The van der Waals surface area contributed by atoms with Crippen LogP contribution in [0.1, 0.15) is 12.0 Å². The highest BCUT2D eigenvalue weighted by Crippen LogP contribution is 2.30. The molecule has 0 radical (unpaired) electrons. The van der Waals surface area contributed by atoms with E-state index in [1.165, 1.54) is 6.07 Å². The second kappa shape index (κ2) is 10.1. The van der Waals surface area contributed by atoms with Crippen LogP contribution in [0.5, 0.6) is 0 Å². The standard InChI is InChI=1S/C19H18Br2F3N3O4S/c20-12-3-6-16(21)17(7-12)32(29,30)27-14-8-15(25-9-14)10-31-18(28)26-13-4-1-11(2-5-13)19(22,23)24/h1-7,14-15,25,27H,8-10H2,(H,26,28)/t14-,15-/m1/s1. The second-order valence-electron chi connectivity index (χ2n) is 7.03. The minimum atomic E-state index is -4.46. The summed E-state index contributed by atoms with van der Waals surface area (Å²) >= 11 is 6.48. The van der Waals surface area contributed by atoms with Crippen LogP contribution in [-0.4, -0.2) is 39.7 Å². The molecular formula is C19H18Br2F3N3O4S. The molecule has 1 amide bonds. The Morgan fingerprint density at radius 1 is 1.16 bits per heavy atom. The van der Waals surface area contributed by atoms with Crippen LogP contribution in [0.3, 0.4) is 0 Å². The summed E-state index contributed by atoms with van der Waals surface area (Å²) < 4.78 is 71.8. The van der Waals surface area contributed by atoms with Crippen molar-refractivity contribution in [1.29, 1.82) is 0 Å². The highest BCUT2D eigenvalue weighted by Gasteiger charge is 2.31. The van der Waals surface area contributed by atoms with E-state index in [2.05, 4.69) is 47.2 Å². The molecule has 0 unspecified atom stereocenters. The third-order valence-corrected chi connectivity index (χ3v) is 7.61. The lowest BCUT2D eigenvalue weighted by Gasteiger charge is -2.14. The van der Waals surface area contributed by atoms with Crippen LogP contribution < -0.4 is 15.4 Å². The summed E-state index contributed by atoms with van der Waals surface area (Å²) in [7, 11) is -3.77. The third-order valence-electron chi connectivity index (χ3n) is 4.60. The molecule has 1 aliphatic heterocycles. The Morgan fingerprint density at radius 3 is 2.50 bits per heavy atom. The van der Waals surface area contributed by atoms with Crippen LogP contribution in [0.2, 0.25) is 0 Å². The Balaban J connectivity index is 1.48. The van der Waals surface area contributed by atoms with Crippen molar-refractivity contribution in [2.45, 2.75) is 29.6 Å². The van der Waals surface area contributed by atoms with E-state index >= 15 is 0 Å². The lowest BCUT2D eigenvalue weighted by molar-refractivity contribution is -0.137. The Labute approximate surface area is 199 Å². The first kappa shape index (κ1) is 25.0. The third kappa shape index (κ3) is 6.67. The lowest BCUT2D eigenvalue weighted by Crippen LogP contribution is -2.36. The number of ether oxygens (including phenoxy) is 1. The molecule has 1 heterocycles. The lowest BCUT2D eigenvalue weighted by atomic mass is 10.2. The highest BCUT2D eigenvalue weighted by atomic mass is 79.9. The number of hydrogen-bond donors (Lipinski definition) is 3. The van der Waals surface area contributed by atoms with Crippen LogP contribution in [0, 0.1) is 0 Å². The normalized spacial score (nSPS) is 19.0.